The van der Waals surface area contributed by atoms with Gasteiger partial charge in [0.15, 0.2) is 0 Å². The summed E-state index contributed by atoms with van der Waals surface area (Å²) in [5.74, 6) is 0. The first-order valence-corrected chi connectivity index (χ1v) is 2.11. The molecule has 1 aromatic rings. The Morgan fingerprint density at radius 2 is 2.38 bits per heavy atom. The number of hydrogen-bond donors (Lipinski definition) is 0. The van der Waals surface area contributed by atoms with E-state index in [1.807, 2.05) is 0 Å². The van der Waals surface area contributed by atoms with E-state index in [1.165, 1.54) is 11.8 Å². The summed E-state index contributed by atoms with van der Waals surface area (Å²) in [6.45, 7) is 0. The molecule has 5 nitrogen and oxygen atoms in total. The van der Waals surface area contributed by atoms with Crippen LogP contribution in [0.1, 0.15) is 0 Å². The molecule has 0 saturated heterocycles. The molecule has 0 unspecified atom stereocenters. The molecule has 0 aromatic carbocycles. The normalized spacial score (nSPS) is 9.25. The zero-order chi connectivity index (χ0) is 5.98. The zero-order valence-corrected chi connectivity index (χ0v) is 4.70. The van der Waals surface area contributed by atoms with Crippen molar-refractivity contribution in [3.05, 3.63) is 0 Å². The molecule has 5 heteroatoms. The summed E-state index contributed by atoms with van der Waals surface area (Å²) in [4.78, 5) is 0. The molecule has 0 radical (unpaired) electrons. The summed E-state index contributed by atoms with van der Waals surface area (Å²) in [6.07, 6.45) is 0. The van der Waals surface area contributed by atoms with Gasteiger partial charge >= 0.3 is 6.01 Å². The van der Waals surface area contributed by atoms with Gasteiger partial charge in [0.25, 0.3) is 0 Å². The van der Waals surface area contributed by atoms with Gasteiger partial charge in [-0.15, -0.1) is 0 Å². The molecule has 0 fully saturated rings. The summed E-state index contributed by atoms with van der Waals surface area (Å²) in [6, 6.07) is 0.421. The predicted molar refractivity (Wildman–Crippen MR) is 25.3 cm³/mol. The van der Waals surface area contributed by atoms with E-state index in [2.05, 4.69) is 15.5 Å². The second kappa shape index (κ2) is 1.77. The molecule has 0 aliphatic rings. The second-order valence-corrected chi connectivity index (χ2v) is 1.29. The van der Waals surface area contributed by atoms with Gasteiger partial charge in [-0.05, 0) is 10.4 Å². The molecule has 1 aromatic heterocycles. The Morgan fingerprint density at radius 3 is 2.62 bits per heavy atom. The SMILES string of the molecule is COc1nnnn1C. The summed E-state index contributed by atoms with van der Waals surface area (Å²) in [5.41, 5.74) is 0. The van der Waals surface area contributed by atoms with Gasteiger partial charge in [-0.3, -0.25) is 0 Å². The highest BCUT2D eigenvalue weighted by Crippen LogP contribution is 1.94. The third-order valence-corrected chi connectivity index (χ3v) is 0.764. The molecule has 0 saturated carbocycles. The predicted octanol–water partition coefficient (Wildman–Crippen LogP) is -0.781. The quantitative estimate of drug-likeness (QED) is 0.480. The smallest absolute Gasteiger partial charge is 0.334 e. The van der Waals surface area contributed by atoms with Crippen molar-refractivity contribution in [3.8, 4) is 6.01 Å². The van der Waals surface area contributed by atoms with Crippen LogP contribution in [0.25, 0.3) is 0 Å². The molecule has 0 spiro atoms. The van der Waals surface area contributed by atoms with E-state index >= 15 is 0 Å². The van der Waals surface area contributed by atoms with Crippen LogP contribution in [0.4, 0.5) is 0 Å². The first kappa shape index (κ1) is 5.02. The molecule has 0 N–H and O–H groups in total. The van der Waals surface area contributed by atoms with Crippen molar-refractivity contribution in [1.82, 2.24) is 20.2 Å². The van der Waals surface area contributed by atoms with Crippen LogP contribution in [-0.4, -0.2) is 27.3 Å². The fourth-order valence-electron chi connectivity index (χ4n) is 0.394. The standard InChI is InChI=1S/C3H6N4O/c1-7-3(8-2)4-5-6-7/h1-2H3. The van der Waals surface area contributed by atoms with Gasteiger partial charge in [-0.2, -0.15) is 4.68 Å². The van der Waals surface area contributed by atoms with E-state index in [-0.39, 0.29) is 0 Å². The lowest BCUT2D eigenvalue weighted by atomic mass is 11.1. The van der Waals surface area contributed by atoms with Crippen LogP contribution in [-0.2, 0) is 7.05 Å². The Hall–Kier alpha value is -1.13. The summed E-state index contributed by atoms with van der Waals surface area (Å²) >= 11 is 0. The van der Waals surface area contributed by atoms with Crippen molar-refractivity contribution in [2.75, 3.05) is 7.11 Å². The maximum atomic E-state index is 4.71. The van der Waals surface area contributed by atoms with Crippen molar-refractivity contribution in [2.24, 2.45) is 7.05 Å². The third kappa shape index (κ3) is 0.617. The summed E-state index contributed by atoms with van der Waals surface area (Å²) in [7, 11) is 3.23. The Balaban J connectivity index is 2.92. The number of aryl methyl sites for hydroxylation is 1. The van der Waals surface area contributed by atoms with Gasteiger partial charge in [-0.1, -0.05) is 5.10 Å². The minimum atomic E-state index is 0.421. The van der Waals surface area contributed by atoms with Gasteiger partial charge in [0.1, 0.15) is 0 Å². The lowest BCUT2D eigenvalue weighted by Gasteiger charge is -1.90. The fraction of sp³-hybridized carbons (Fsp3) is 0.667. The van der Waals surface area contributed by atoms with Crippen LogP contribution in [0.15, 0.2) is 0 Å². The first-order valence-electron chi connectivity index (χ1n) is 2.11. The van der Waals surface area contributed by atoms with Crippen LogP contribution >= 0.6 is 0 Å². The lowest BCUT2D eigenvalue weighted by molar-refractivity contribution is 0.359. The van der Waals surface area contributed by atoms with Crippen molar-refractivity contribution in [2.45, 2.75) is 0 Å². The summed E-state index contributed by atoms with van der Waals surface area (Å²) in [5, 5.41) is 10.4. The minimum absolute atomic E-state index is 0.421. The highest BCUT2D eigenvalue weighted by molar-refractivity contribution is 4.83. The highest BCUT2D eigenvalue weighted by Gasteiger charge is 1.95. The van der Waals surface area contributed by atoms with Gasteiger partial charge in [0.05, 0.1) is 7.11 Å². The van der Waals surface area contributed by atoms with Crippen molar-refractivity contribution in [3.63, 3.8) is 0 Å². The molecule has 0 aliphatic heterocycles. The number of hydrogen-bond acceptors (Lipinski definition) is 4. The number of nitrogens with zero attached hydrogens (tertiary/aromatic N) is 4. The van der Waals surface area contributed by atoms with E-state index in [9.17, 15) is 0 Å². The monoisotopic (exact) mass is 114 g/mol. The third-order valence-electron chi connectivity index (χ3n) is 0.764. The number of ether oxygens (including phenoxy) is 1. The molecule has 8 heavy (non-hydrogen) atoms. The van der Waals surface area contributed by atoms with Crippen molar-refractivity contribution in [1.29, 1.82) is 0 Å². The number of rotatable bonds is 1. The van der Waals surface area contributed by atoms with Crippen LogP contribution in [0, 0.1) is 0 Å². The number of aromatic nitrogens is 4. The summed E-state index contributed by atoms with van der Waals surface area (Å²) < 4.78 is 6.16. The second-order valence-electron chi connectivity index (χ2n) is 1.29. The van der Waals surface area contributed by atoms with Gasteiger partial charge in [-0.25, -0.2) is 0 Å². The minimum Gasteiger partial charge on any atom is -0.466 e. The Labute approximate surface area is 46.3 Å². The molecule has 0 amide bonds. The molecule has 0 bridgehead atoms. The largest absolute Gasteiger partial charge is 0.466 e. The Bertz CT molecular complexity index is 172. The van der Waals surface area contributed by atoms with Gasteiger partial charge in [0, 0.05) is 7.05 Å². The van der Waals surface area contributed by atoms with E-state index in [1.54, 1.807) is 7.05 Å². The molecular formula is C3H6N4O. The van der Waals surface area contributed by atoms with Crippen LogP contribution < -0.4 is 4.74 Å². The van der Waals surface area contributed by atoms with Gasteiger partial charge in [0.2, 0.25) is 0 Å². The Morgan fingerprint density at radius 1 is 1.62 bits per heavy atom. The van der Waals surface area contributed by atoms with Crippen LogP contribution in [0.3, 0.4) is 0 Å². The topological polar surface area (TPSA) is 52.8 Å². The van der Waals surface area contributed by atoms with Gasteiger partial charge < -0.3 is 4.74 Å². The molecule has 0 aliphatic carbocycles. The number of methoxy groups -OCH3 is 1. The molecule has 1 heterocycles. The van der Waals surface area contributed by atoms with Crippen LogP contribution in [0.5, 0.6) is 6.01 Å². The average molecular weight is 114 g/mol. The zero-order valence-electron chi connectivity index (χ0n) is 4.70. The van der Waals surface area contributed by atoms with Crippen LogP contribution in [0.2, 0.25) is 0 Å². The average Bonchev–Trinajstić information content (AvgIpc) is 2.14. The van der Waals surface area contributed by atoms with E-state index in [0.717, 1.165) is 0 Å². The Kier molecular flexibility index (Phi) is 1.11. The van der Waals surface area contributed by atoms with Crippen molar-refractivity contribution >= 4 is 0 Å². The molecule has 0 atom stereocenters. The first-order chi connectivity index (χ1) is 3.84. The maximum Gasteiger partial charge on any atom is 0.334 e. The highest BCUT2D eigenvalue weighted by atomic mass is 16.5. The molecular weight excluding hydrogens is 108 g/mol. The lowest BCUT2D eigenvalue weighted by Crippen LogP contribution is -1.95. The van der Waals surface area contributed by atoms with E-state index in [0.29, 0.717) is 6.01 Å². The van der Waals surface area contributed by atoms with Crippen molar-refractivity contribution < 1.29 is 4.74 Å². The maximum absolute atomic E-state index is 4.71. The van der Waals surface area contributed by atoms with E-state index < -0.39 is 0 Å². The molecule has 1 rings (SSSR count). The molecule has 44 valence electrons. The fourth-order valence-corrected chi connectivity index (χ4v) is 0.394. The number of tetrazole rings is 1. The van der Waals surface area contributed by atoms with E-state index in [4.69, 9.17) is 4.74 Å².